The van der Waals surface area contributed by atoms with Crippen LogP contribution in [0.2, 0.25) is 0 Å². The summed E-state index contributed by atoms with van der Waals surface area (Å²) in [5.74, 6) is 2.50. The average molecular weight is 653 g/mol. The third-order valence-corrected chi connectivity index (χ3v) is 9.51. The van der Waals surface area contributed by atoms with Gasteiger partial charge in [0.05, 0.1) is 0 Å². The molecule has 0 bridgehead atoms. The van der Waals surface area contributed by atoms with Gasteiger partial charge in [0.1, 0.15) is 5.52 Å². The number of oxazole rings is 1. The van der Waals surface area contributed by atoms with E-state index in [1.54, 1.807) is 0 Å². The van der Waals surface area contributed by atoms with Crippen molar-refractivity contribution in [3.05, 3.63) is 170 Å². The van der Waals surface area contributed by atoms with Crippen LogP contribution in [0.4, 0.5) is 0 Å². The number of benzene rings is 8. The summed E-state index contributed by atoms with van der Waals surface area (Å²) in [7, 11) is 0. The van der Waals surface area contributed by atoms with Gasteiger partial charge in [0.25, 0.3) is 0 Å². The Kier molecular flexibility index (Phi) is 6.74. The summed E-state index contributed by atoms with van der Waals surface area (Å²) < 4.78 is 6.48. The van der Waals surface area contributed by atoms with E-state index in [-0.39, 0.29) is 0 Å². The molecular formula is C46H28N4O. The Hall–Kier alpha value is -6.98. The van der Waals surface area contributed by atoms with Gasteiger partial charge < -0.3 is 4.42 Å². The van der Waals surface area contributed by atoms with Gasteiger partial charge in [-0.1, -0.05) is 140 Å². The normalized spacial score (nSPS) is 11.5. The topological polar surface area (TPSA) is 64.7 Å². The Morgan fingerprint density at radius 1 is 0.314 bits per heavy atom. The molecule has 0 saturated carbocycles. The number of rotatable bonds is 5. The van der Waals surface area contributed by atoms with Crippen molar-refractivity contribution in [2.45, 2.75) is 0 Å². The standard InChI is InChI=1S/C46H28N4O/c1-3-13-30(14-4-1)43-48-44(50-45(49-43)36-23-22-29-12-7-8-17-32(29)26-36)35-19-11-18-33(27-35)34-24-25-38-37-20-9-10-21-39(37)42-41(40(38)28-34)47-46(51-42)31-15-5-2-6-16-31/h1-28H. The lowest BCUT2D eigenvalue weighted by Gasteiger charge is -2.11. The van der Waals surface area contributed by atoms with Gasteiger partial charge in [-0.05, 0) is 63.0 Å². The van der Waals surface area contributed by atoms with Gasteiger partial charge in [0, 0.05) is 33.0 Å². The molecule has 0 aliphatic carbocycles. The van der Waals surface area contributed by atoms with Crippen LogP contribution in [0.15, 0.2) is 174 Å². The second-order valence-corrected chi connectivity index (χ2v) is 12.7. The lowest BCUT2D eigenvalue weighted by molar-refractivity contribution is 0.623. The largest absolute Gasteiger partial charge is 0.435 e. The smallest absolute Gasteiger partial charge is 0.227 e. The fourth-order valence-electron chi connectivity index (χ4n) is 6.98. The van der Waals surface area contributed by atoms with Crippen molar-refractivity contribution in [3.8, 4) is 56.7 Å². The molecule has 2 heterocycles. The maximum Gasteiger partial charge on any atom is 0.227 e. The number of nitrogens with zero attached hydrogens (tertiary/aromatic N) is 4. The number of hydrogen-bond donors (Lipinski definition) is 0. The van der Waals surface area contributed by atoms with Crippen molar-refractivity contribution in [2.75, 3.05) is 0 Å². The molecule has 0 N–H and O–H groups in total. The first-order valence-corrected chi connectivity index (χ1v) is 17.0. The fraction of sp³-hybridized carbons (Fsp3) is 0. The quantitative estimate of drug-likeness (QED) is 0.173. The number of aromatic nitrogens is 4. The zero-order chi connectivity index (χ0) is 33.7. The summed E-state index contributed by atoms with van der Waals surface area (Å²) in [6.45, 7) is 0. The highest BCUT2D eigenvalue weighted by Gasteiger charge is 2.18. The summed E-state index contributed by atoms with van der Waals surface area (Å²) >= 11 is 0. The van der Waals surface area contributed by atoms with Crippen LogP contribution in [0.5, 0.6) is 0 Å². The van der Waals surface area contributed by atoms with Crippen molar-refractivity contribution >= 4 is 43.4 Å². The first-order chi connectivity index (χ1) is 25.2. The van der Waals surface area contributed by atoms with E-state index >= 15 is 0 Å². The van der Waals surface area contributed by atoms with Gasteiger partial charge >= 0.3 is 0 Å². The SMILES string of the molecule is c1ccc(-c2nc(-c3cccc(-c4ccc5c6ccccc6c6oc(-c7ccccc7)nc6c5c4)c3)nc(-c3ccc4ccccc4c3)n2)cc1. The number of fused-ring (bicyclic) bond motifs is 7. The minimum absolute atomic E-state index is 0.613. The monoisotopic (exact) mass is 652 g/mol. The molecule has 0 amide bonds. The molecule has 51 heavy (non-hydrogen) atoms. The van der Waals surface area contributed by atoms with E-state index in [0.29, 0.717) is 23.4 Å². The zero-order valence-electron chi connectivity index (χ0n) is 27.4. The molecule has 2 aromatic heterocycles. The van der Waals surface area contributed by atoms with Crippen molar-refractivity contribution in [2.24, 2.45) is 0 Å². The summed E-state index contributed by atoms with van der Waals surface area (Å²) in [6, 6.07) is 58.2. The van der Waals surface area contributed by atoms with Crippen LogP contribution in [-0.2, 0) is 0 Å². The predicted octanol–water partition coefficient (Wildman–Crippen LogP) is 11.8. The van der Waals surface area contributed by atoms with E-state index < -0.39 is 0 Å². The molecule has 0 fully saturated rings. The molecule has 0 aliphatic heterocycles. The van der Waals surface area contributed by atoms with Crippen LogP contribution < -0.4 is 0 Å². The molecule has 238 valence electrons. The van der Waals surface area contributed by atoms with Crippen molar-refractivity contribution < 1.29 is 4.42 Å². The molecule has 0 radical (unpaired) electrons. The summed E-state index contributed by atoms with van der Waals surface area (Å²) in [4.78, 5) is 20.1. The molecular weight excluding hydrogens is 625 g/mol. The van der Waals surface area contributed by atoms with Gasteiger partial charge in [0.2, 0.25) is 5.89 Å². The predicted molar refractivity (Wildman–Crippen MR) is 207 cm³/mol. The van der Waals surface area contributed by atoms with Gasteiger partial charge in [0.15, 0.2) is 23.1 Å². The molecule has 5 heteroatoms. The number of hydrogen-bond acceptors (Lipinski definition) is 5. The molecule has 0 unspecified atom stereocenters. The van der Waals surface area contributed by atoms with Crippen molar-refractivity contribution in [3.63, 3.8) is 0 Å². The van der Waals surface area contributed by atoms with E-state index in [4.69, 9.17) is 24.4 Å². The maximum atomic E-state index is 6.48. The third-order valence-electron chi connectivity index (χ3n) is 9.51. The van der Waals surface area contributed by atoms with Crippen LogP contribution in [-0.4, -0.2) is 19.9 Å². The fourth-order valence-corrected chi connectivity index (χ4v) is 6.98. The molecule has 5 nitrogen and oxygen atoms in total. The lowest BCUT2D eigenvalue weighted by atomic mass is 9.95. The minimum atomic E-state index is 0.613. The Labute approximate surface area is 293 Å². The Morgan fingerprint density at radius 3 is 1.65 bits per heavy atom. The van der Waals surface area contributed by atoms with Gasteiger partial charge in [-0.25, -0.2) is 19.9 Å². The molecule has 10 aromatic rings. The summed E-state index contributed by atoms with van der Waals surface area (Å²) in [5.41, 5.74) is 7.50. The zero-order valence-corrected chi connectivity index (χ0v) is 27.4. The van der Waals surface area contributed by atoms with Gasteiger partial charge in [-0.15, -0.1) is 0 Å². The van der Waals surface area contributed by atoms with Crippen LogP contribution in [0, 0.1) is 0 Å². The molecule has 10 rings (SSSR count). The van der Waals surface area contributed by atoms with E-state index in [0.717, 1.165) is 71.4 Å². The molecule has 0 spiro atoms. The third kappa shape index (κ3) is 5.11. The van der Waals surface area contributed by atoms with E-state index in [9.17, 15) is 0 Å². The average Bonchev–Trinajstić information content (AvgIpc) is 3.68. The van der Waals surface area contributed by atoms with E-state index in [1.807, 2.05) is 66.7 Å². The second-order valence-electron chi connectivity index (χ2n) is 12.7. The van der Waals surface area contributed by atoms with Crippen LogP contribution in [0.3, 0.4) is 0 Å². The Bertz CT molecular complexity index is 2920. The highest BCUT2D eigenvalue weighted by molar-refractivity contribution is 6.23. The maximum absolute atomic E-state index is 6.48. The highest BCUT2D eigenvalue weighted by Crippen LogP contribution is 2.39. The molecule has 0 atom stereocenters. The van der Waals surface area contributed by atoms with Gasteiger partial charge in [-0.3, -0.25) is 0 Å². The summed E-state index contributed by atoms with van der Waals surface area (Å²) in [5, 5.41) is 6.68. The van der Waals surface area contributed by atoms with Crippen LogP contribution >= 0.6 is 0 Å². The molecule has 0 aliphatic rings. The second kappa shape index (κ2) is 11.9. The van der Waals surface area contributed by atoms with Gasteiger partial charge in [-0.2, -0.15) is 0 Å². The summed E-state index contributed by atoms with van der Waals surface area (Å²) in [6.07, 6.45) is 0. The Balaban J connectivity index is 1.13. The minimum Gasteiger partial charge on any atom is -0.435 e. The highest BCUT2D eigenvalue weighted by atomic mass is 16.3. The van der Waals surface area contributed by atoms with Crippen LogP contribution in [0.1, 0.15) is 0 Å². The molecule has 0 saturated heterocycles. The van der Waals surface area contributed by atoms with E-state index in [2.05, 4.69) is 103 Å². The van der Waals surface area contributed by atoms with E-state index in [1.165, 1.54) is 5.39 Å². The van der Waals surface area contributed by atoms with Crippen molar-refractivity contribution in [1.82, 2.24) is 19.9 Å². The van der Waals surface area contributed by atoms with Crippen LogP contribution in [0.25, 0.3) is 100 Å². The lowest BCUT2D eigenvalue weighted by Crippen LogP contribution is -2.00. The van der Waals surface area contributed by atoms with Crippen molar-refractivity contribution in [1.29, 1.82) is 0 Å². The first-order valence-electron chi connectivity index (χ1n) is 17.0. The Morgan fingerprint density at radius 2 is 0.863 bits per heavy atom. The first kappa shape index (κ1) is 29.0. The molecule has 8 aromatic carbocycles.